The smallest absolute Gasteiger partial charge is 0.236 e. The molecule has 2 aromatic heterocycles. The van der Waals surface area contributed by atoms with Gasteiger partial charge in [0, 0.05) is 33.2 Å². The van der Waals surface area contributed by atoms with Gasteiger partial charge in [-0.1, -0.05) is 65.3 Å². The molecule has 0 fully saturated rings. The summed E-state index contributed by atoms with van der Waals surface area (Å²) in [6.45, 7) is 0.199. The van der Waals surface area contributed by atoms with E-state index in [-0.39, 0.29) is 18.3 Å². The Hall–Kier alpha value is -3.37. The molecule has 7 nitrogen and oxygen atoms in total. The van der Waals surface area contributed by atoms with Crippen molar-refractivity contribution >= 4 is 57.3 Å². The number of nitrogens with zero attached hydrogens (tertiary/aromatic N) is 4. The first-order chi connectivity index (χ1) is 18.5. The number of carbonyl (C=O) groups is 1. The molecule has 5 aromatic rings. The zero-order valence-electron chi connectivity index (χ0n) is 19.9. The second-order valence-corrected chi connectivity index (χ2v) is 11.0. The third kappa shape index (κ3) is 6.93. The molecular formula is C27H21Cl2N5O2S2. The van der Waals surface area contributed by atoms with Crippen molar-refractivity contribution in [1.82, 2.24) is 19.7 Å². The van der Waals surface area contributed by atoms with Gasteiger partial charge in [-0.15, -0.1) is 21.5 Å². The molecule has 1 amide bonds. The van der Waals surface area contributed by atoms with Gasteiger partial charge in [-0.3, -0.25) is 9.36 Å². The van der Waals surface area contributed by atoms with Crippen LogP contribution in [0.3, 0.4) is 0 Å². The standard InChI is InChI=1S/C27H21Cl2N5O2S2/c28-19-9-11-22(12-10-19)36-16-24-32-33-27(34(24)21-7-2-1-3-8-21)37-17-25(35)31-26-30-15-23(38-26)14-18-5-4-6-20(29)13-18/h1-13,15H,14,16-17H2,(H,30,31,35). The lowest BCUT2D eigenvalue weighted by Crippen LogP contribution is -2.14. The normalized spacial score (nSPS) is 10.9. The quantitative estimate of drug-likeness (QED) is 0.180. The van der Waals surface area contributed by atoms with E-state index in [9.17, 15) is 4.79 Å². The minimum Gasteiger partial charge on any atom is -0.486 e. The average Bonchev–Trinajstić information content (AvgIpc) is 3.54. The SMILES string of the molecule is O=C(CSc1nnc(COc2ccc(Cl)cc2)n1-c1ccccc1)Nc1ncc(Cc2cccc(Cl)c2)s1. The maximum Gasteiger partial charge on any atom is 0.236 e. The topological polar surface area (TPSA) is 81.9 Å². The van der Waals surface area contributed by atoms with E-state index in [4.69, 9.17) is 27.9 Å². The van der Waals surface area contributed by atoms with E-state index in [1.807, 2.05) is 59.2 Å². The largest absolute Gasteiger partial charge is 0.486 e. The maximum absolute atomic E-state index is 12.7. The van der Waals surface area contributed by atoms with Crippen molar-refractivity contribution in [1.29, 1.82) is 0 Å². The summed E-state index contributed by atoms with van der Waals surface area (Å²) in [4.78, 5) is 18.1. The first-order valence-corrected chi connectivity index (χ1v) is 14.1. The molecule has 0 spiro atoms. The van der Waals surface area contributed by atoms with E-state index in [1.165, 1.54) is 23.1 Å². The van der Waals surface area contributed by atoms with Crippen LogP contribution >= 0.6 is 46.3 Å². The number of nitrogens with one attached hydrogen (secondary N) is 1. The van der Waals surface area contributed by atoms with Gasteiger partial charge in [-0.2, -0.15) is 0 Å². The number of benzene rings is 3. The lowest BCUT2D eigenvalue weighted by atomic mass is 10.1. The van der Waals surface area contributed by atoms with Gasteiger partial charge < -0.3 is 10.1 Å². The van der Waals surface area contributed by atoms with Gasteiger partial charge in [-0.05, 0) is 54.1 Å². The molecule has 0 saturated carbocycles. The molecule has 0 aliphatic carbocycles. The van der Waals surface area contributed by atoms with Crippen molar-refractivity contribution in [3.8, 4) is 11.4 Å². The van der Waals surface area contributed by atoms with Crippen LogP contribution in [-0.2, 0) is 17.8 Å². The van der Waals surface area contributed by atoms with Crippen molar-refractivity contribution in [2.45, 2.75) is 18.2 Å². The highest BCUT2D eigenvalue weighted by atomic mass is 35.5. The van der Waals surface area contributed by atoms with E-state index < -0.39 is 0 Å². The number of hydrogen-bond acceptors (Lipinski definition) is 7. The van der Waals surface area contributed by atoms with Crippen molar-refractivity contribution in [3.63, 3.8) is 0 Å². The van der Waals surface area contributed by atoms with Crippen LogP contribution < -0.4 is 10.1 Å². The highest BCUT2D eigenvalue weighted by Gasteiger charge is 2.17. The Morgan fingerprint density at radius 3 is 2.58 bits per heavy atom. The second kappa shape index (κ2) is 12.4. The summed E-state index contributed by atoms with van der Waals surface area (Å²) >= 11 is 14.8. The van der Waals surface area contributed by atoms with Gasteiger partial charge in [0.05, 0.1) is 5.75 Å². The van der Waals surface area contributed by atoms with Gasteiger partial charge >= 0.3 is 0 Å². The molecule has 0 unspecified atom stereocenters. The maximum atomic E-state index is 12.7. The fourth-order valence-electron chi connectivity index (χ4n) is 3.58. The molecule has 192 valence electrons. The Kier molecular flexibility index (Phi) is 8.60. The molecule has 0 radical (unpaired) electrons. The minimum absolute atomic E-state index is 0.145. The van der Waals surface area contributed by atoms with Gasteiger partial charge in [-0.25, -0.2) is 4.98 Å². The summed E-state index contributed by atoms with van der Waals surface area (Å²) in [6.07, 6.45) is 2.47. The summed E-state index contributed by atoms with van der Waals surface area (Å²) in [7, 11) is 0. The Labute approximate surface area is 237 Å². The zero-order chi connectivity index (χ0) is 26.3. The number of para-hydroxylation sites is 1. The van der Waals surface area contributed by atoms with Crippen LogP contribution in [0.25, 0.3) is 5.69 Å². The number of aromatic nitrogens is 4. The van der Waals surface area contributed by atoms with Gasteiger partial charge in [0.2, 0.25) is 5.91 Å². The first kappa shape index (κ1) is 26.2. The number of hydrogen-bond donors (Lipinski definition) is 1. The summed E-state index contributed by atoms with van der Waals surface area (Å²) in [5.74, 6) is 1.25. The monoisotopic (exact) mass is 581 g/mol. The first-order valence-electron chi connectivity index (χ1n) is 11.5. The molecule has 11 heteroatoms. The molecule has 3 aromatic carbocycles. The number of thioether (sulfide) groups is 1. The van der Waals surface area contributed by atoms with E-state index in [1.54, 1.807) is 30.5 Å². The van der Waals surface area contributed by atoms with Crippen molar-refractivity contribution in [2.24, 2.45) is 0 Å². The predicted molar refractivity (Wildman–Crippen MR) is 153 cm³/mol. The molecule has 2 heterocycles. The van der Waals surface area contributed by atoms with Crippen LogP contribution in [0, 0.1) is 0 Å². The number of anilines is 1. The van der Waals surface area contributed by atoms with Crippen molar-refractivity contribution in [2.75, 3.05) is 11.1 Å². The van der Waals surface area contributed by atoms with Crippen molar-refractivity contribution < 1.29 is 9.53 Å². The van der Waals surface area contributed by atoms with Crippen LogP contribution in [-0.4, -0.2) is 31.4 Å². The number of carbonyl (C=O) groups excluding carboxylic acids is 1. The number of halogens is 2. The third-order valence-electron chi connectivity index (χ3n) is 5.30. The second-order valence-electron chi connectivity index (χ2n) is 8.09. The van der Waals surface area contributed by atoms with Crippen LogP contribution in [0.2, 0.25) is 10.0 Å². The number of ether oxygens (including phenoxy) is 1. The zero-order valence-corrected chi connectivity index (χ0v) is 23.0. The summed E-state index contributed by atoms with van der Waals surface area (Å²) < 4.78 is 7.78. The predicted octanol–water partition coefficient (Wildman–Crippen LogP) is 6.93. The average molecular weight is 583 g/mol. The van der Waals surface area contributed by atoms with Crippen LogP contribution in [0.5, 0.6) is 5.75 Å². The summed E-state index contributed by atoms with van der Waals surface area (Å²) in [5, 5.41) is 14.0. The lowest BCUT2D eigenvalue weighted by Gasteiger charge is -2.11. The molecule has 0 bridgehead atoms. The van der Waals surface area contributed by atoms with E-state index in [0.29, 0.717) is 38.3 Å². The summed E-state index contributed by atoms with van der Waals surface area (Å²) in [6, 6.07) is 24.5. The molecule has 0 aliphatic rings. The van der Waals surface area contributed by atoms with Crippen LogP contribution in [0.4, 0.5) is 5.13 Å². The van der Waals surface area contributed by atoms with Gasteiger partial charge in [0.25, 0.3) is 0 Å². The third-order valence-corrected chi connectivity index (χ3v) is 7.62. The highest BCUT2D eigenvalue weighted by molar-refractivity contribution is 7.99. The van der Waals surface area contributed by atoms with Crippen LogP contribution in [0.15, 0.2) is 90.2 Å². The number of amides is 1. The van der Waals surface area contributed by atoms with E-state index in [2.05, 4.69) is 20.5 Å². The Morgan fingerprint density at radius 1 is 0.974 bits per heavy atom. The van der Waals surface area contributed by atoms with Crippen LogP contribution in [0.1, 0.15) is 16.3 Å². The summed E-state index contributed by atoms with van der Waals surface area (Å²) in [5.41, 5.74) is 1.96. The highest BCUT2D eigenvalue weighted by Crippen LogP contribution is 2.26. The Balaban J connectivity index is 1.23. The molecule has 0 saturated heterocycles. The molecule has 0 aliphatic heterocycles. The number of thiazole rings is 1. The minimum atomic E-state index is -0.180. The molecule has 0 atom stereocenters. The Morgan fingerprint density at radius 2 is 1.79 bits per heavy atom. The fraction of sp³-hybridized carbons (Fsp3) is 0.111. The Bertz CT molecular complexity index is 1520. The van der Waals surface area contributed by atoms with E-state index in [0.717, 1.165) is 16.1 Å². The van der Waals surface area contributed by atoms with Gasteiger partial charge in [0.1, 0.15) is 12.4 Å². The molecule has 5 rings (SSSR count). The number of rotatable bonds is 10. The van der Waals surface area contributed by atoms with Gasteiger partial charge in [0.15, 0.2) is 16.1 Å². The molecule has 1 N–H and O–H groups in total. The van der Waals surface area contributed by atoms with Crippen molar-refractivity contribution in [3.05, 3.63) is 111 Å². The lowest BCUT2D eigenvalue weighted by molar-refractivity contribution is -0.113. The molecule has 38 heavy (non-hydrogen) atoms. The molecular weight excluding hydrogens is 561 g/mol. The fourth-order valence-corrected chi connectivity index (χ4v) is 5.56. The van der Waals surface area contributed by atoms with E-state index >= 15 is 0 Å².